The molecule has 0 spiro atoms. The summed E-state index contributed by atoms with van der Waals surface area (Å²) in [6, 6.07) is 0.116. The summed E-state index contributed by atoms with van der Waals surface area (Å²) in [5.74, 6) is -1.13. The van der Waals surface area contributed by atoms with Crippen LogP contribution in [0.15, 0.2) is 4.99 Å². The van der Waals surface area contributed by atoms with Gasteiger partial charge in [-0.3, -0.25) is 0 Å². The fraction of sp³-hybridized carbons (Fsp3) is 0.750. The average molecular weight is 169 g/mol. The Labute approximate surface area is 70.2 Å². The van der Waals surface area contributed by atoms with Crippen LogP contribution in [0.4, 0.5) is 0 Å². The van der Waals surface area contributed by atoms with E-state index in [-0.39, 0.29) is 18.0 Å². The number of aliphatic carboxylic acids is 1. The third-order valence-corrected chi connectivity index (χ3v) is 2.40. The standard InChI is InChI=1S/C8H11NO3/c10-8(11)7-9-5-3-1-2-4-6(5)12-7/h5-6H,1-4H2,(H,10,11). The van der Waals surface area contributed by atoms with Crippen molar-refractivity contribution in [2.45, 2.75) is 37.8 Å². The highest BCUT2D eigenvalue weighted by atomic mass is 16.5. The molecule has 1 fully saturated rings. The fourth-order valence-electron chi connectivity index (χ4n) is 1.79. The smallest absolute Gasteiger partial charge is 0.391 e. The van der Waals surface area contributed by atoms with Gasteiger partial charge in [-0.1, -0.05) is 6.42 Å². The average Bonchev–Trinajstić information content (AvgIpc) is 2.46. The third-order valence-electron chi connectivity index (χ3n) is 2.40. The first kappa shape index (κ1) is 7.58. The highest BCUT2D eigenvalue weighted by Gasteiger charge is 2.35. The zero-order valence-corrected chi connectivity index (χ0v) is 6.69. The van der Waals surface area contributed by atoms with Gasteiger partial charge in [-0.05, 0) is 19.3 Å². The van der Waals surface area contributed by atoms with E-state index in [2.05, 4.69) is 4.99 Å². The van der Waals surface area contributed by atoms with Crippen molar-refractivity contribution >= 4 is 11.9 Å². The Morgan fingerprint density at radius 3 is 2.92 bits per heavy atom. The Balaban J connectivity index is 2.09. The molecule has 1 heterocycles. The highest BCUT2D eigenvalue weighted by molar-refractivity contribution is 6.32. The normalized spacial score (nSPS) is 33.5. The van der Waals surface area contributed by atoms with Crippen molar-refractivity contribution in [2.75, 3.05) is 0 Å². The van der Waals surface area contributed by atoms with E-state index in [1.54, 1.807) is 0 Å². The largest absolute Gasteiger partial charge is 0.474 e. The van der Waals surface area contributed by atoms with E-state index in [1.165, 1.54) is 0 Å². The van der Waals surface area contributed by atoms with Crippen molar-refractivity contribution in [1.82, 2.24) is 0 Å². The summed E-state index contributed by atoms with van der Waals surface area (Å²) in [7, 11) is 0. The molecule has 1 N–H and O–H groups in total. The lowest BCUT2D eigenvalue weighted by molar-refractivity contribution is -0.131. The highest BCUT2D eigenvalue weighted by Crippen LogP contribution is 2.28. The number of aliphatic imine (C=N–C) groups is 1. The van der Waals surface area contributed by atoms with Crippen LogP contribution in [0.5, 0.6) is 0 Å². The van der Waals surface area contributed by atoms with Crippen LogP contribution in [0.3, 0.4) is 0 Å². The molecule has 4 nitrogen and oxygen atoms in total. The molecule has 1 aliphatic carbocycles. The maximum atomic E-state index is 10.5. The van der Waals surface area contributed by atoms with Crippen LogP contribution in [0, 0.1) is 0 Å². The number of hydrogen-bond donors (Lipinski definition) is 1. The SMILES string of the molecule is O=C(O)C1=NC2CCCCC2O1. The molecule has 0 saturated heterocycles. The molecule has 12 heavy (non-hydrogen) atoms. The summed E-state index contributed by atoms with van der Waals surface area (Å²) >= 11 is 0. The Morgan fingerprint density at radius 2 is 2.25 bits per heavy atom. The molecule has 1 aliphatic heterocycles. The van der Waals surface area contributed by atoms with Crippen LogP contribution in [0.25, 0.3) is 0 Å². The van der Waals surface area contributed by atoms with Gasteiger partial charge in [-0.25, -0.2) is 9.79 Å². The van der Waals surface area contributed by atoms with Crippen molar-refractivity contribution in [2.24, 2.45) is 4.99 Å². The number of carboxylic acid groups (broad SMARTS) is 1. The predicted molar refractivity (Wildman–Crippen MR) is 42.2 cm³/mol. The Hall–Kier alpha value is -1.06. The molecule has 2 unspecified atom stereocenters. The summed E-state index contributed by atoms with van der Waals surface area (Å²) in [5.41, 5.74) is 0. The van der Waals surface area contributed by atoms with E-state index in [1.807, 2.05) is 0 Å². The molecule has 0 aromatic carbocycles. The number of carbonyl (C=O) groups is 1. The van der Waals surface area contributed by atoms with E-state index in [4.69, 9.17) is 9.84 Å². The van der Waals surface area contributed by atoms with Gasteiger partial charge in [0, 0.05) is 0 Å². The van der Waals surface area contributed by atoms with Crippen molar-refractivity contribution in [3.8, 4) is 0 Å². The minimum absolute atomic E-state index is 0.0462. The van der Waals surface area contributed by atoms with Crippen LogP contribution in [0.2, 0.25) is 0 Å². The van der Waals surface area contributed by atoms with E-state index in [9.17, 15) is 4.79 Å². The summed E-state index contributed by atoms with van der Waals surface area (Å²) in [6.07, 6.45) is 4.24. The van der Waals surface area contributed by atoms with Gasteiger partial charge in [0.25, 0.3) is 5.90 Å². The lowest BCUT2D eigenvalue weighted by Gasteiger charge is -2.21. The maximum Gasteiger partial charge on any atom is 0.391 e. The number of hydrogen-bond acceptors (Lipinski definition) is 3. The minimum Gasteiger partial charge on any atom is -0.474 e. The van der Waals surface area contributed by atoms with Gasteiger partial charge in [0.05, 0.1) is 6.04 Å². The molecule has 2 rings (SSSR count). The van der Waals surface area contributed by atoms with Crippen molar-refractivity contribution < 1.29 is 14.6 Å². The summed E-state index contributed by atoms with van der Waals surface area (Å²) < 4.78 is 5.18. The second-order valence-electron chi connectivity index (χ2n) is 3.25. The molecule has 0 radical (unpaired) electrons. The lowest BCUT2D eigenvalue weighted by Crippen LogP contribution is -2.26. The molecule has 2 atom stereocenters. The first-order chi connectivity index (χ1) is 5.77. The topological polar surface area (TPSA) is 58.9 Å². The van der Waals surface area contributed by atoms with Gasteiger partial charge in [-0.15, -0.1) is 0 Å². The van der Waals surface area contributed by atoms with Crippen LogP contribution in [-0.2, 0) is 9.53 Å². The number of nitrogens with zero attached hydrogens (tertiary/aromatic N) is 1. The molecule has 1 saturated carbocycles. The zero-order chi connectivity index (χ0) is 8.55. The summed E-state index contributed by atoms with van der Waals surface area (Å²) in [6.45, 7) is 0. The van der Waals surface area contributed by atoms with Crippen molar-refractivity contribution in [3.63, 3.8) is 0 Å². The molecule has 66 valence electrons. The molecule has 4 heteroatoms. The number of rotatable bonds is 1. The van der Waals surface area contributed by atoms with E-state index < -0.39 is 5.97 Å². The number of carboxylic acids is 1. The van der Waals surface area contributed by atoms with Crippen LogP contribution in [-0.4, -0.2) is 29.1 Å². The first-order valence-corrected chi connectivity index (χ1v) is 4.25. The third kappa shape index (κ3) is 1.17. The molecular weight excluding hydrogens is 158 g/mol. The van der Waals surface area contributed by atoms with Gasteiger partial charge >= 0.3 is 5.97 Å². The van der Waals surface area contributed by atoms with E-state index in [0.717, 1.165) is 25.7 Å². The van der Waals surface area contributed by atoms with Gasteiger partial charge in [0.1, 0.15) is 6.10 Å². The van der Waals surface area contributed by atoms with Crippen LogP contribution < -0.4 is 0 Å². The predicted octanol–water partition coefficient (Wildman–Crippen LogP) is 0.811. The molecule has 2 aliphatic rings. The molecular formula is C8H11NO3. The minimum atomic E-state index is -1.04. The monoisotopic (exact) mass is 169 g/mol. The van der Waals surface area contributed by atoms with Crippen molar-refractivity contribution in [3.05, 3.63) is 0 Å². The lowest BCUT2D eigenvalue weighted by atomic mass is 9.94. The van der Waals surface area contributed by atoms with Crippen LogP contribution in [0.1, 0.15) is 25.7 Å². The fourth-order valence-corrected chi connectivity index (χ4v) is 1.79. The molecule has 0 bridgehead atoms. The maximum absolute atomic E-state index is 10.5. The van der Waals surface area contributed by atoms with Gasteiger partial charge in [-0.2, -0.15) is 0 Å². The number of ether oxygens (including phenoxy) is 1. The van der Waals surface area contributed by atoms with Gasteiger partial charge < -0.3 is 9.84 Å². The quantitative estimate of drug-likeness (QED) is 0.632. The number of fused-ring (bicyclic) bond motifs is 1. The molecule has 0 aromatic rings. The second-order valence-corrected chi connectivity index (χ2v) is 3.25. The Morgan fingerprint density at radius 1 is 1.50 bits per heavy atom. The van der Waals surface area contributed by atoms with Gasteiger partial charge in [0.2, 0.25) is 0 Å². The molecule has 0 aromatic heterocycles. The van der Waals surface area contributed by atoms with E-state index in [0.29, 0.717) is 0 Å². The van der Waals surface area contributed by atoms with E-state index >= 15 is 0 Å². The van der Waals surface area contributed by atoms with Crippen LogP contribution >= 0.6 is 0 Å². The zero-order valence-electron chi connectivity index (χ0n) is 6.69. The second kappa shape index (κ2) is 2.77. The first-order valence-electron chi connectivity index (χ1n) is 4.25. The van der Waals surface area contributed by atoms with Crippen molar-refractivity contribution in [1.29, 1.82) is 0 Å². The Bertz CT molecular complexity index is 236. The summed E-state index contributed by atoms with van der Waals surface area (Å²) in [4.78, 5) is 14.5. The Kier molecular flexibility index (Phi) is 1.75. The molecule has 0 amide bonds. The van der Waals surface area contributed by atoms with Gasteiger partial charge in [0.15, 0.2) is 0 Å². The summed E-state index contributed by atoms with van der Waals surface area (Å²) in [5, 5.41) is 8.60.